The number of anilines is 2. The second kappa shape index (κ2) is 11.6. The van der Waals surface area contributed by atoms with E-state index in [-0.39, 0.29) is 11.5 Å². The normalized spacial score (nSPS) is 20.0. The Hall–Kier alpha value is -3.87. The lowest BCUT2D eigenvalue weighted by atomic mass is 10.0. The second-order valence-electron chi connectivity index (χ2n) is 10.9. The van der Waals surface area contributed by atoms with Crippen LogP contribution in [0.15, 0.2) is 36.7 Å². The largest absolute Gasteiger partial charge is 0.462 e. The molecule has 0 saturated carbocycles. The number of aryl methyl sites for hydroxylation is 1. The van der Waals surface area contributed by atoms with Crippen LogP contribution in [0.1, 0.15) is 24.2 Å². The Labute approximate surface area is 237 Å². The molecule has 11 nitrogen and oxygen atoms in total. The minimum absolute atomic E-state index is 0.210. The smallest absolute Gasteiger partial charge is 0.316 e. The van der Waals surface area contributed by atoms with E-state index in [0.29, 0.717) is 54.1 Å². The summed E-state index contributed by atoms with van der Waals surface area (Å²) in [6, 6.07) is 7.52. The minimum Gasteiger partial charge on any atom is -0.462 e. The quantitative estimate of drug-likeness (QED) is 0.351. The molecule has 6 rings (SSSR count). The highest BCUT2D eigenvalue weighted by Gasteiger charge is 2.25. The number of hydrogen-bond donors (Lipinski definition) is 2. The molecular weight excluding hydrogens is 527 g/mol. The van der Waals surface area contributed by atoms with E-state index in [1.807, 2.05) is 6.07 Å². The molecule has 41 heavy (non-hydrogen) atoms. The summed E-state index contributed by atoms with van der Waals surface area (Å²) in [6.07, 6.45) is 3.44. The van der Waals surface area contributed by atoms with Crippen LogP contribution in [0.25, 0.3) is 21.8 Å². The zero-order valence-corrected chi connectivity index (χ0v) is 23.6. The van der Waals surface area contributed by atoms with Crippen LogP contribution in [0.2, 0.25) is 0 Å². The lowest BCUT2D eigenvalue weighted by Crippen LogP contribution is -2.54. The van der Waals surface area contributed by atoms with Crippen LogP contribution < -0.4 is 20.3 Å². The number of carbonyl (C=O) groups excluding carboxylic acids is 1. The molecule has 2 aliphatic rings. The van der Waals surface area contributed by atoms with Crippen LogP contribution in [0.5, 0.6) is 6.01 Å². The Morgan fingerprint density at radius 1 is 1.17 bits per heavy atom. The third-order valence-corrected chi connectivity index (χ3v) is 7.53. The number of amides is 1. The van der Waals surface area contributed by atoms with Crippen molar-refractivity contribution in [2.24, 2.45) is 7.05 Å². The molecule has 0 radical (unpaired) electrons. The van der Waals surface area contributed by atoms with E-state index in [2.05, 4.69) is 44.4 Å². The molecule has 2 fully saturated rings. The van der Waals surface area contributed by atoms with Crippen LogP contribution in [-0.4, -0.2) is 95.2 Å². The summed E-state index contributed by atoms with van der Waals surface area (Å²) in [6.45, 7) is 10.2. The summed E-state index contributed by atoms with van der Waals surface area (Å²) in [5.41, 5.74) is 2.39. The monoisotopic (exact) mass is 562 g/mol. The molecule has 216 valence electrons. The lowest BCUT2D eigenvalue weighted by molar-refractivity contribution is 0.0317. The number of aromatic nitrogens is 4. The van der Waals surface area contributed by atoms with E-state index in [0.717, 1.165) is 43.8 Å². The number of piperazine rings is 1. The number of ether oxygens (including phenoxy) is 2. The molecule has 1 amide bonds. The Morgan fingerprint density at radius 3 is 2.73 bits per heavy atom. The predicted molar refractivity (Wildman–Crippen MR) is 155 cm³/mol. The average Bonchev–Trinajstić information content (AvgIpc) is 3.33. The van der Waals surface area contributed by atoms with E-state index >= 15 is 0 Å². The molecule has 2 saturated heterocycles. The molecule has 0 spiro atoms. The Kier molecular flexibility index (Phi) is 7.69. The SMILES string of the molecule is C[C@@H]1CN(c2ccc(C(=O)Nc3cc(F)c4nn(C)cc4c3)c3nc(OCCN4CCOCC4)ncc23)C[C@@H](C)N1. The van der Waals surface area contributed by atoms with E-state index in [4.69, 9.17) is 14.5 Å². The fraction of sp³-hybridized carbons (Fsp3) is 0.448. The van der Waals surface area contributed by atoms with Crippen molar-refractivity contribution < 1.29 is 18.7 Å². The summed E-state index contributed by atoms with van der Waals surface area (Å²) in [7, 11) is 1.73. The maximum absolute atomic E-state index is 14.7. The average molecular weight is 563 g/mol. The van der Waals surface area contributed by atoms with Gasteiger partial charge in [-0.1, -0.05) is 0 Å². The molecular formula is C29H35FN8O3. The van der Waals surface area contributed by atoms with Crippen molar-refractivity contribution in [2.45, 2.75) is 25.9 Å². The molecule has 0 unspecified atom stereocenters. The zero-order chi connectivity index (χ0) is 28.5. The molecule has 4 aromatic rings. The van der Waals surface area contributed by atoms with Crippen LogP contribution in [-0.2, 0) is 11.8 Å². The number of nitrogens with one attached hydrogen (secondary N) is 2. The molecule has 4 heterocycles. The first-order valence-electron chi connectivity index (χ1n) is 14.0. The van der Waals surface area contributed by atoms with Gasteiger partial charge in [0.2, 0.25) is 0 Å². The summed E-state index contributed by atoms with van der Waals surface area (Å²) in [5.74, 6) is -0.900. The van der Waals surface area contributed by atoms with E-state index in [9.17, 15) is 9.18 Å². The fourth-order valence-corrected chi connectivity index (χ4v) is 5.71. The van der Waals surface area contributed by atoms with Crippen molar-refractivity contribution in [1.29, 1.82) is 0 Å². The number of morpholine rings is 1. The Bertz CT molecular complexity index is 1560. The molecule has 2 aromatic carbocycles. The molecule has 0 aliphatic carbocycles. The van der Waals surface area contributed by atoms with Gasteiger partial charge in [0, 0.05) is 86.4 Å². The van der Waals surface area contributed by atoms with Gasteiger partial charge in [0.15, 0.2) is 5.82 Å². The first-order valence-corrected chi connectivity index (χ1v) is 14.0. The van der Waals surface area contributed by atoms with Crippen molar-refractivity contribution in [3.63, 3.8) is 0 Å². The van der Waals surface area contributed by atoms with Gasteiger partial charge < -0.3 is 25.0 Å². The standard InChI is InChI=1S/C29H35FN8O3/c1-18-15-38(16-19(2)32-18)25-5-4-22(28(39)33-21-12-20-17-36(3)35-26(20)24(30)13-21)27-23(25)14-31-29(34-27)41-11-8-37-6-9-40-10-7-37/h4-5,12-14,17-19,32H,6-11,15-16H2,1-3H3,(H,33,39)/t18-,19-/m1/s1. The number of nitrogens with zero attached hydrogens (tertiary/aromatic N) is 6. The van der Waals surface area contributed by atoms with Crippen molar-refractivity contribution in [2.75, 3.05) is 62.8 Å². The molecule has 0 bridgehead atoms. The number of fused-ring (bicyclic) bond motifs is 2. The summed E-state index contributed by atoms with van der Waals surface area (Å²) < 4.78 is 27.6. The van der Waals surface area contributed by atoms with Gasteiger partial charge in [-0.05, 0) is 38.1 Å². The van der Waals surface area contributed by atoms with Gasteiger partial charge in [0.25, 0.3) is 5.91 Å². The highest BCUT2D eigenvalue weighted by molar-refractivity contribution is 6.14. The first-order chi connectivity index (χ1) is 19.8. The summed E-state index contributed by atoms with van der Waals surface area (Å²) in [5, 5.41) is 11.9. The summed E-state index contributed by atoms with van der Waals surface area (Å²) in [4.78, 5) is 27.4. The van der Waals surface area contributed by atoms with E-state index < -0.39 is 11.7 Å². The van der Waals surface area contributed by atoms with Crippen molar-refractivity contribution in [1.82, 2.24) is 30.0 Å². The van der Waals surface area contributed by atoms with E-state index in [1.54, 1.807) is 36.3 Å². The number of hydrogen-bond acceptors (Lipinski definition) is 9. The minimum atomic E-state index is -0.501. The van der Waals surface area contributed by atoms with Crippen molar-refractivity contribution in [3.8, 4) is 6.01 Å². The van der Waals surface area contributed by atoms with Crippen LogP contribution in [0.3, 0.4) is 0 Å². The van der Waals surface area contributed by atoms with Gasteiger partial charge in [-0.25, -0.2) is 9.37 Å². The predicted octanol–water partition coefficient (Wildman–Crippen LogP) is 2.81. The third-order valence-electron chi connectivity index (χ3n) is 7.53. The van der Waals surface area contributed by atoms with Gasteiger partial charge in [0.05, 0.1) is 24.3 Å². The van der Waals surface area contributed by atoms with Crippen LogP contribution in [0, 0.1) is 5.82 Å². The molecule has 2 aromatic heterocycles. The highest BCUT2D eigenvalue weighted by Crippen LogP contribution is 2.31. The molecule has 2 atom stereocenters. The fourth-order valence-electron chi connectivity index (χ4n) is 5.71. The lowest BCUT2D eigenvalue weighted by Gasteiger charge is -2.38. The maximum Gasteiger partial charge on any atom is 0.316 e. The number of benzene rings is 2. The highest BCUT2D eigenvalue weighted by atomic mass is 19.1. The van der Waals surface area contributed by atoms with Crippen molar-refractivity contribution >= 4 is 39.1 Å². The first kappa shape index (κ1) is 27.3. The van der Waals surface area contributed by atoms with Crippen molar-refractivity contribution in [3.05, 3.63) is 48.0 Å². The molecule has 12 heteroatoms. The third kappa shape index (κ3) is 5.95. The Morgan fingerprint density at radius 2 is 1.95 bits per heavy atom. The maximum atomic E-state index is 14.7. The second-order valence-corrected chi connectivity index (χ2v) is 10.9. The van der Waals surface area contributed by atoms with Gasteiger partial charge in [0.1, 0.15) is 12.1 Å². The van der Waals surface area contributed by atoms with Gasteiger partial charge in [-0.15, -0.1) is 0 Å². The molecule has 2 N–H and O–H groups in total. The number of carbonyl (C=O) groups is 1. The van der Waals surface area contributed by atoms with Crippen LogP contribution >= 0.6 is 0 Å². The van der Waals surface area contributed by atoms with Gasteiger partial charge >= 0.3 is 6.01 Å². The topological polar surface area (TPSA) is 110 Å². The van der Waals surface area contributed by atoms with Crippen LogP contribution in [0.4, 0.5) is 15.8 Å². The van der Waals surface area contributed by atoms with Gasteiger partial charge in [-0.2, -0.15) is 10.1 Å². The number of rotatable bonds is 7. The van der Waals surface area contributed by atoms with Gasteiger partial charge in [-0.3, -0.25) is 14.4 Å². The summed E-state index contributed by atoms with van der Waals surface area (Å²) >= 11 is 0. The van der Waals surface area contributed by atoms with E-state index in [1.165, 1.54) is 6.07 Å². The number of halogens is 1. The zero-order valence-electron chi connectivity index (χ0n) is 23.6. The molecule has 2 aliphatic heterocycles. The Balaban J connectivity index is 1.31.